The average Bonchev–Trinajstić information content (AvgIpc) is 2.53. The van der Waals surface area contributed by atoms with Crippen LogP contribution in [0.1, 0.15) is 27.7 Å². The van der Waals surface area contributed by atoms with Crippen molar-refractivity contribution in [2.45, 2.75) is 27.7 Å². The molecule has 3 heteroatoms. The predicted octanol–water partition coefficient (Wildman–Crippen LogP) is 6.14. The Balaban J connectivity index is 0.000000829. The maximum absolute atomic E-state index is 5.66. The fourth-order valence-electron chi connectivity index (χ4n) is 1.28. The molecule has 0 aliphatic rings. The number of hydrogen-bond donors (Lipinski definition) is 0. The van der Waals surface area contributed by atoms with Crippen molar-refractivity contribution in [2.75, 3.05) is 6.66 Å². The number of rotatable bonds is 4. The Bertz CT molecular complexity index is 376. The van der Waals surface area contributed by atoms with Crippen molar-refractivity contribution < 1.29 is 9.05 Å². The lowest BCUT2D eigenvalue weighted by atomic mass is 10.3. The van der Waals surface area contributed by atoms with E-state index in [1.807, 2.05) is 95.0 Å². The molecule has 0 radical (unpaired) electrons. The predicted molar refractivity (Wildman–Crippen MR) is 89.7 cm³/mol. The molecule has 2 nitrogen and oxygen atoms in total. The minimum absolute atomic E-state index is 0.840. The molecule has 0 bridgehead atoms. The van der Waals surface area contributed by atoms with Crippen LogP contribution in [0.5, 0.6) is 11.5 Å². The molecule has 0 fully saturated rings. The summed E-state index contributed by atoms with van der Waals surface area (Å²) in [6.07, 6.45) is 0. The fourth-order valence-corrected chi connectivity index (χ4v) is 2.15. The number of benzene rings is 2. The molecule has 0 aromatic heterocycles. The normalized spacial score (nSPS) is 8.70. The van der Waals surface area contributed by atoms with E-state index < -0.39 is 8.38 Å². The number of para-hydroxylation sites is 2. The van der Waals surface area contributed by atoms with Gasteiger partial charge in [-0.25, -0.2) is 0 Å². The topological polar surface area (TPSA) is 18.5 Å². The van der Waals surface area contributed by atoms with Crippen molar-refractivity contribution in [3.8, 4) is 11.5 Å². The summed E-state index contributed by atoms with van der Waals surface area (Å²) in [6, 6.07) is 19.4. The Morgan fingerprint density at radius 2 is 0.900 bits per heavy atom. The summed E-state index contributed by atoms with van der Waals surface area (Å²) in [5.74, 6) is 1.68. The van der Waals surface area contributed by atoms with Crippen LogP contribution in [0.4, 0.5) is 0 Å². The molecule has 0 saturated carbocycles. The maximum Gasteiger partial charge on any atom is 0.286 e. The van der Waals surface area contributed by atoms with Gasteiger partial charge in [0.1, 0.15) is 11.5 Å². The van der Waals surface area contributed by atoms with Crippen molar-refractivity contribution in [1.29, 1.82) is 0 Å². The summed E-state index contributed by atoms with van der Waals surface area (Å²) in [7, 11) is -0.933. The van der Waals surface area contributed by atoms with Crippen LogP contribution in [0.15, 0.2) is 60.7 Å². The minimum Gasteiger partial charge on any atom is -0.439 e. The van der Waals surface area contributed by atoms with E-state index in [0.29, 0.717) is 0 Å². The molecule has 0 amide bonds. The summed E-state index contributed by atoms with van der Waals surface area (Å²) in [6.45, 7) is 9.94. The molecule has 110 valence electrons. The molecule has 0 atom stereocenters. The van der Waals surface area contributed by atoms with Gasteiger partial charge in [0.05, 0.1) is 0 Å². The second kappa shape index (κ2) is 12.5. The average molecular weight is 292 g/mol. The van der Waals surface area contributed by atoms with Crippen molar-refractivity contribution in [2.24, 2.45) is 0 Å². The highest BCUT2D eigenvalue weighted by molar-refractivity contribution is 7.47. The molecule has 20 heavy (non-hydrogen) atoms. The zero-order chi connectivity index (χ0) is 15.2. The summed E-state index contributed by atoms with van der Waals surface area (Å²) in [5.41, 5.74) is 0. The molecule has 0 spiro atoms. The Kier molecular flexibility index (Phi) is 11.5. The van der Waals surface area contributed by atoms with Crippen LogP contribution in [0.25, 0.3) is 0 Å². The van der Waals surface area contributed by atoms with Gasteiger partial charge in [-0.3, -0.25) is 0 Å². The molecule has 0 N–H and O–H groups in total. The Labute approximate surface area is 124 Å². The van der Waals surface area contributed by atoms with Crippen molar-refractivity contribution in [3.05, 3.63) is 60.7 Å². The highest BCUT2D eigenvalue weighted by Gasteiger charge is 2.06. The lowest BCUT2D eigenvalue weighted by molar-refractivity contribution is 0.497. The number of hydrogen-bond acceptors (Lipinski definition) is 2. The van der Waals surface area contributed by atoms with Gasteiger partial charge >= 0.3 is 0 Å². The van der Waals surface area contributed by atoms with Crippen LogP contribution >= 0.6 is 8.38 Å². The van der Waals surface area contributed by atoms with E-state index in [9.17, 15) is 0 Å². The van der Waals surface area contributed by atoms with E-state index >= 15 is 0 Å². The maximum atomic E-state index is 5.66. The Morgan fingerprint density at radius 1 is 0.600 bits per heavy atom. The monoisotopic (exact) mass is 292 g/mol. The van der Waals surface area contributed by atoms with Gasteiger partial charge in [-0.2, -0.15) is 0 Å². The van der Waals surface area contributed by atoms with Gasteiger partial charge in [0, 0.05) is 6.66 Å². The van der Waals surface area contributed by atoms with Crippen molar-refractivity contribution >= 4 is 8.38 Å². The van der Waals surface area contributed by atoms with Crippen LogP contribution in [-0.4, -0.2) is 6.66 Å². The van der Waals surface area contributed by atoms with Gasteiger partial charge < -0.3 is 9.05 Å². The minimum atomic E-state index is -0.933. The summed E-state index contributed by atoms with van der Waals surface area (Å²) < 4.78 is 11.3. The third kappa shape index (κ3) is 7.81. The molecule has 0 saturated heterocycles. The molecule has 2 aromatic rings. The summed E-state index contributed by atoms with van der Waals surface area (Å²) in [5, 5.41) is 0. The van der Waals surface area contributed by atoms with Gasteiger partial charge in [0.15, 0.2) is 0 Å². The second-order valence-electron chi connectivity index (χ2n) is 3.25. The van der Waals surface area contributed by atoms with Crippen LogP contribution in [0.3, 0.4) is 0 Å². The smallest absolute Gasteiger partial charge is 0.286 e. The molecule has 2 rings (SSSR count). The Morgan fingerprint density at radius 3 is 1.20 bits per heavy atom. The van der Waals surface area contributed by atoms with E-state index in [1.165, 1.54) is 0 Å². The largest absolute Gasteiger partial charge is 0.439 e. The van der Waals surface area contributed by atoms with Crippen molar-refractivity contribution in [1.82, 2.24) is 0 Å². The van der Waals surface area contributed by atoms with Crippen LogP contribution < -0.4 is 9.05 Å². The first-order chi connectivity index (χ1) is 9.84. The molecular formula is C17H25O2P. The first-order valence-corrected chi connectivity index (χ1v) is 8.67. The van der Waals surface area contributed by atoms with Gasteiger partial charge in [0.25, 0.3) is 8.38 Å². The molecule has 0 aliphatic heterocycles. The first-order valence-electron chi connectivity index (χ1n) is 7.04. The SMILES string of the molecule is CC.CC.CP(Oc1ccccc1)Oc1ccccc1. The molecule has 0 heterocycles. The summed E-state index contributed by atoms with van der Waals surface area (Å²) in [4.78, 5) is 0. The third-order valence-corrected chi connectivity index (χ3v) is 2.89. The van der Waals surface area contributed by atoms with Gasteiger partial charge in [0.2, 0.25) is 0 Å². The third-order valence-electron chi connectivity index (χ3n) is 1.95. The van der Waals surface area contributed by atoms with Crippen LogP contribution in [0, 0.1) is 0 Å². The highest BCUT2D eigenvalue weighted by atomic mass is 31.2. The first kappa shape index (κ1) is 18.5. The van der Waals surface area contributed by atoms with E-state index in [0.717, 1.165) is 11.5 Å². The fraction of sp³-hybridized carbons (Fsp3) is 0.294. The van der Waals surface area contributed by atoms with Gasteiger partial charge in [-0.05, 0) is 24.3 Å². The van der Waals surface area contributed by atoms with Crippen LogP contribution in [0.2, 0.25) is 0 Å². The Hall–Kier alpha value is -1.53. The molecular weight excluding hydrogens is 267 g/mol. The van der Waals surface area contributed by atoms with Crippen LogP contribution in [-0.2, 0) is 0 Å². The second-order valence-corrected chi connectivity index (χ2v) is 4.49. The highest BCUT2D eigenvalue weighted by Crippen LogP contribution is 2.36. The quantitative estimate of drug-likeness (QED) is 0.630. The summed E-state index contributed by atoms with van der Waals surface area (Å²) >= 11 is 0. The van der Waals surface area contributed by atoms with Gasteiger partial charge in [-0.1, -0.05) is 64.1 Å². The van der Waals surface area contributed by atoms with E-state index in [2.05, 4.69) is 0 Å². The molecule has 2 aromatic carbocycles. The van der Waals surface area contributed by atoms with E-state index in [-0.39, 0.29) is 0 Å². The van der Waals surface area contributed by atoms with E-state index in [1.54, 1.807) is 0 Å². The molecule has 0 aliphatic carbocycles. The van der Waals surface area contributed by atoms with Crippen molar-refractivity contribution in [3.63, 3.8) is 0 Å². The zero-order valence-corrected chi connectivity index (χ0v) is 13.9. The molecule has 0 unspecified atom stereocenters. The van der Waals surface area contributed by atoms with Gasteiger partial charge in [-0.15, -0.1) is 0 Å². The lowest BCUT2D eigenvalue weighted by Gasteiger charge is -2.14. The zero-order valence-electron chi connectivity index (χ0n) is 13.0. The van der Waals surface area contributed by atoms with E-state index in [4.69, 9.17) is 9.05 Å². The standard InChI is InChI=1S/C13H13O2P.2C2H6/c1-16(14-12-8-4-2-5-9-12)15-13-10-6-3-7-11-13;2*1-2/h2-11H,1H3;2*1-2H3. The lowest BCUT2D eigenvalue weighted by Crippen LogP contribution is -1.93.